The topological polar surface area (TPSA) is 24.9 Å². The lowest BCUT2D eigenvalue weighted by Crippen LogP contribution is -2.27. The highest BCUT2D eigenvalue weighted by atomic mass is 35.5. The van der Waals surface area contributed by atoms with Crippen LogP contribution in [0.25, 0.3) is 10.8 Å². The molecule has 2 nitrogen and oxygen atoms in total. The van der Waals surface area contributed by atoms with Crippen molar-refractivity contribution in [2.75, 3.05) is 13.1 Å². The Bertz CT molecular complexity index is 496. The fourth-order valence-electron chi connectivity index (χ4n) is 2.44. The Morgan fingerprint density at radius 1 is 1.00 bits per heavy atom. The van der Waals surface area contributed by atoms with E-state index in [9.17, 15) is 0 Å². The summed E-state index contributed by atoms with van der Waals surface area (Å²) in [4.78, 5) is 4.60. The number of benzene rings is 1. The van der Waals surface area contributed by atoms with Crippen LogP contribution in [0.2, 0.25) is 0 Å². The second-order valence-corrected chi connectivity index (χ2v) is 4.48. The van der Waals surface area contributed by atoms with E-state index in [1.807, 2.05) is 6.20 Å². The normalized spacial score (nSPS) is 15.8. The summed E-state index contributed by atoms with van der Waals surface area (Å²) >= 11 is 0. The van der Waals surface area contributed by atoms with Crippen molar-refractivity contribution in [1.29, 1.82) is 0 Å². The number of nitrogens with zero attached hydrogens (tertiary/aromatic N) is 1. The van der Waals surface area contributed by atoms with E-state index >= 15 is 0 Å². The molecule has 2 aromatic rings. The monoisotopic (exact) mass is 284 g/mol. The van der Waals surface area contributed by atoms with Gasteiger partial charge in [-0.2, -0.15) is 0 Å². The molecule has 2 heterocycles. The van der Waals surface area contributed by atoms with Gasteiger partial charge in [-0.15, -0.1) is 24.8 Å². The molecule has 0 unspecified atom stereocenters. The van der Waals surface area contributed by atoms with Crippen LogP contribution in [0.3, 0.4) is 0 Å². The maximum absolute atomic E-state index is 4.60. The Labute approximate surface area is 120 Å². The first-order valence-electron chi connectivity index (χ1n) is 5.99. The molecule has 1 aliphatic heterocycles. The van der Waals surface area contributed by atoms with Crippen molar-refractivity contribution >= 4 is 35.6 Å². The fourth-order valence-corrected chi connectivity index (χ4v) is 2.44. The first-order valence-corrected chi connectivity index (χ1v) is 5.99. The van der Waals surface area contributed by atoms with Crippen LogP contribution in [-0.4, -0.2) is 18.1 Å². The largest absolute Gasteiger partial charge is 0.317 e. The summed E-state index contributed by atoms with van der Waals surface area (Å²) in [5, 5.41) is 5.94. The Kier molecular flexibility index (Phi) is 5.86. The lowest BCUT2D eigenvalue weighted by atomic mass is 9.93. The zero-order valence-electron chi connectivity index (χ0n) is 10.1. The molecule has 0 atom stereocenters. The minimum Gasteiger partial charge on any atom is -0.317 e. The summed E-state index contributed by atoms with van der Waals surface area (Å²) in [5.41, 5.74) is 1.26. The van der Waals surface area contributed by atoms with E-state index in [1.54, 1.807) is 0 Å². The fraction of sp³-hybridized carbons (Fsp3) is 0.357. The number of piperidine rings is 1. The smallest absolute Gasteiger partial charge is 0.0441 e. The van der Waals surface area contributed by atoms with Gasteiger partial charge in [0, 0.05) is 23.2 Å². The van der Waals surface area contributed by atoms with Gasteiger partial charge in [0.15, 0.2) is 0 Å². The molecule has 0 bridgehead atoms. The average molecular weight is 285 g/mol. The van der Waals surface area contributed by atoms with Gasteiger partial charge >= 0.3 is 0 Å². The van der Waals surface area contributed by atoms with Gasteiger partial charge in [-0.3, -0.25) is 4.98 Å². The standard InChI is InChI=1S/C14H16N2.2ClH/c1-2-4-13-10-16-14(9-12(13)3-1)11-5-7-15-8-6-11;;/h1-4,9-11,15H,5-8H2;2*1H. The minimum absolute atomic E-state index is 0. The molecule has 1 saturated heterocycles. The first-order chi connectivity index (χ1) is 7.93. The Balaban J connectivity index is 0.000000810. The van der Waals surface area contributed by atoms with Crippen LogP contribution >= 0.6 is 24.8 Å². The third-order valence-electron chi connectivity index (χ3n) is 3.41. The van der Waals surface area contributed by atoms with Gasteiger partial charge in [-0.25, -0.2) is 0 Å². The summed E-state index contributed by atoms with van der Waals surface area (Å²) in [7, 11) is 0. The van der Waals surface area contributed by atoms with Crippen molar-refractivity contribution < 1.29 is 0 Å². The van der Waals surface area contributed by atoms with Gasteiger partial charge in [-0.1, -0.05) is 24.3 Å². The van der Waals surface area contributed by atoms with E-state index in [0.717, 1.165) is 13.1 Å². The van der Waals surface area contributed by atoms with Gasteiger partial charge in [0.1, 0.15) is 0 Å². The van der Waals surface area contributed by atoms with Crippen molar-refractivity contribution in [2.24, 2.45) is 0 Å². The van der Waals surface area contributed by atoms with Crippen LogP contribution in [0.4, 0.5) is 0 Å². The molecule has 1 aromatic heterocycles. The highest BCUT2D eigenvalue weighted by Crippen LogP contribution is 2.25. The number of pyridine rings is 1. The van der Waals surface area contributed by atoms with E-state index in [1.165, 1.54) is 29.3 Å². The molecule has 98 valence electrons. The molecule has 0 saturated carbocycles. The number of nitrogens with one attached hydrogen (secondary N) is 1. The molecule has 4 heteroatoms. The molecule has 18 heavy (non-hydrogen) atoms. The second kappa shape index (κ2) is 6.93. The maximum atomic E-state index is 4.60. The average Bonchev–Trinajstić information content (AvgIpc) is 2.39. The van der Waals surface area contributed by atoms with Crippen LogP contribution in [0, 0.1) is 0 Å². The summed E-state index contributed by atoms with van der Waals surface area (Å²) in [6, 6.07) is 10.7. The molecule has 0 amide bonds. The quantitative estimate of drug-likeness (QED) is 0.866. The van der Waals surface area contributed by atoms with Crippen LogP contribution in [0.1, 0.15) is 24.5 Å². The predicted octanol–water partition coefficient (Wildman–Crippen LogP) is 3.55. The van der Waals surface area contributed by atoms with Crippen LogP contribution in [-0.2, 0) is 0 Å². The van der Waals surface area contributed by atoms with Gasteiger partial charge < -0.3 is 5.32 Å². The Morgan fingerprint density at radius 2 is 1.67 bits per heavy atom. The van der Waals surface area contributed by atoms with Gasteiger partial charge in [0.2, 0.25) is 0 Å². The van der Waals surface area contributed by atoms with Gasteiger partial charge in [0.25, 0.3) is 0 Å². The molecule has 1 aromatic carbocycles. The molecule has 0 radical (unpaired) electrons. The molecule has 3 rings (SSSR count). The molecule has 1 fully saturated rings. The zero-order chi connectivity index (χ0) is 10.8. The summed E-state index contributed by atoms with van der Waals surface area (Å²) < 4.78 is 0. The van der Waals surface area contributed by atoms with Crippen LogP contribution in [0.5, 0.6) is 0 Å². The minimum atomic E-state index is 0. The molecule has 1 aliphatic rings. The Morgan fingerprint density at radius 3 is 2.39 bits per heavy atom. The van der Waals surface area contributed by atoms with Gasteiger partial charge in [-0.05, 0) is 37.4 Å². The third kappa shape index (κ3) is 3.14. The number of rotatable bonds is 1. The molecule has 1 N–H and O–H groups in total. The molecule has 0 aliphatic carbocycles. The number of aromatic nitrogens is 1. The lowest BCUT2D eigenvalue weighted by Gasteiger charge is -2.22. The molecular formula is C14H18Cl2N2. The first kappa shape index (κ1) is 15.2. The SMILES string of the molecule is Cl.Cl.c1ccc2cc(C3CCNCC3)ncc2c1. The van der Waals surface area contributed by atoms with E-state index < -0.39 is 0 Å². The van der Waals surface area contributed by atoms with Crippen molar-refractivity contribution in [2.45, 2.75) is 18.8 Å². The van der Waals surface area contributed by atoms with E-state index in [2.05, 4.69) is 40.6 Å². The molecular weight excluding hydrogens is 267 g/mol. The number of hydrogen-bond acceptors (Lipinski definition) is 2. The van der Waals surface area contributed by atoms with Crippen molar-refractivity contribution in [3.63, 3.8) is 0 Å². The van der Waals surface area contributed by atoms with Crippen molar-refractivity contribution in [1.82, 2.24) is 10.3 Å². The van der Waals surface area contributed by atoms with E-state index in [0.29, 0.717) is 5.92 Å². The van der Waals surface area contributed by atoms with Crippen molar-refractivity contribution in [3.05, 3.63) is 42.2 Å². The number of fused-ring (bicyclic) bond motifs is 1. The van der Waals surface area contributed by atoms with Crippen molar-refractivity contribution in [3.8, 4) is 0 Å². The Hall–Kier alpha value is -0.830. The van der Waals surface area contributed by atoms with E-state index in [4.69, 9.17) is 0 Å². The number of halogens is 2. The number of hydrogen-bond donors (Lipinski definition) is 1. The highest BCUT2D eigenvalue weighted by molar-refractivity contribution is 5.85. The van der Waals surface area contributed by atoms with Crippen LogP contribution < -0.4 is 5.32 Å². The van der Waals surface area contributed by atoms with Crippen LogP contribution in [0.15, 0.2) is 36.5 Å². The summed E-state index contributed by atoms with van der Waals surface area (Å²) in [6.07, 6.45) is 4.43. The highest BCUT2D eigenvalue weighted by Gasteiger charge is 2.16. The second-order valence-electron chi connectivity index (χ2n) is 4.48. The predicted molar refractivity (Wildman–Crippen MR) is 81.1 cm³/mol. The van der Waals surface area contributed by atoms with E-state index in [-0.39, 0.29) is 24.8 Å². The van der Waals surface area contributed by atoms with Gasteiger partial charge in [0.05, 0.1) is 0 Å². The maximum Gasteiger partial charge on any atom is 0.0441 e. The molecule has 0 spiro atoms. The summed E-state index contributed by atoms with van der Waals surface area (Å²) in [6.45, 7) is 2.25. The third-order valence-corrected chi connectivity index (χ3v) is 3.41. The summed E-state index contributed by atoms with van der Waals surface area (Å²) in [5.74, 6) is 0.644. The zero-order valence-corrected chi connectivity index (χ0v) is 11.8. The lowest BCUT2D eigenvalue weighted by molar-refractivity contribution is 0.454.